The van der Waals surface area contributed by atoms with Crippen LogP contribution in [0, 0.1) is 17.8 Å². The van der Waals surface area contributed by atoms with Gasteiger partial charge in [-0.05, 0) is 43.2 Å². The van der Waals surface area contributed by atoms with Gasteiger partial charge in [0.15, 0.2) is 17.5 Å². The Morgan fingerprint density at radius 3 is 1.93 bits per heavy atom. The Morgan fingerprint density at radius 1 is 0.805 bits per heavy atom. The van der Waals surface area contributed by atoms with E-state index in [-0.39, 0.29) is 54.1 Å². The van der Waals surface area contributed by atoms with Gasteiger partial charge < -0.3 is 22.1 Å². The predicted molar refractivity (Wildman–Crippen MR) is 162 cm³/mol. The number of hydrogen-bond donors (Lipinski definition) is 4. The van der Waals surface area contributed by atoms with Crippen LogP contribution in [0.1, 0.15) is 57.6 Å². The van der Waals surface area contributed by atoms with E-state index in [2.05, 4.69) is 15.6 Å². The summed E-state index contributed by atoms with van der Waals surface area (Å²) in [6, 6.07) is 18.1. The van der Waals surface area contributed by atoms with E-state index in [1.54, 1.807) is 13.8 Å². The molecular weight excluding hydrogens is 518 g/mol. The van der Waals surface area contributed by atoms with Crippen LogP contribution >= 0.6 is 0 Å². The second-order valence-electron chi connectivity index (χ2n) is 10.7. The van der Waals surface area contributed by atoms with Gasteiger partial charge in [-0.2, -0.15) is 0 Å². The molecule has 41 heavy (non-hydrogen) atoms. The first-order chi connectivity index (χ1) is 19.6. The number of rotatable bonds is 18. The summed E-state index contributed by atoms with van der Waals surface area (Å²) in [4.78, 5) is 56.4. The van der Waals surface area contributed by atoms with E-state index in [1.165, 1.54) is 0 Å². The van der Waals surface area contributed by atoms with E-state index >= 15 is 0 Å². The van der Waals surface area contributed by atoms with Crippen LogP contribution in [0.4, 0.5) is 0 Å². The number of nitrogens with two attached hydrogens (primary N) is 2. The molecule has 0 aliphatic carbocycles. The molecule has 0 spiro atoms. The summed E-state index contributed by atoms with van der Waals surface area (Å²) in [6.45, 7) is 5.82. The molecule has 222 valence electrons. The fourth-order valence-electron chi connectivity index (χ4n) is 4.52. The van der Waals surface area contributed by atoms with Crippen molar-refractivity contribution >= 4 is 29.3 Å². The topological polar surface area (TPSA) is 157 Å². The van der Waals surface area contributed by atoms with Crippen LogP contribution in [0.15, 0.2) is 65.7 Å². The van der Waals surface area contributed by atoms with Gasteiger partial charge in [-0.3, -0.25) is 24.2 Å². The smallest absolute Gasteiger partial charge is 0.224 e. The number of amides is 2. The normalized spacial score (nSPS) is 13.1. The number of guanidine groups is 1. The molecule has 0 radical (unpaired) electrons. The van der Waals surface area contributed by atoms with Crippen LogP contribution < -0.4 is 22.1 Å². The van der Waals surface area contributed by atoms with Gasteiger partial charge in [0.05, 0.1) is 12.6 Å². The van der Waals surface area contributed by atoms with Crippen molar-refractivity contribution in [2.24, 2.45) is 34.2 Å². The van der Waals surface area contributed by atoms with Gasteiger partial charge in [-0.25, -0.2) is 0 Å². The van der Waals surface area contributed by atoms with Crippen LogP contribution in [0.3, 0.4) is 0 Å². The summed E-state index contributed by atoms with van der Waals surface area (Å²) in [5.41, 5.74) is 12.6. The minimum absolute atomic E-state index is 0.0127. The van der Waals surface area contributed by atoms with E-state index in [0.29, 0.717) is 38.6 Å². The SMILES string of the molecule is CCC(CCCN=C(N)N)C(=O)NC(Cc1ccccc1)C(=O)CC(Cc1ccccc1)C(=O)NCC(=O)C(C)C. The van der Waals surface area contributed by atoms with Crippen molar-refractivity contribution in [2.45, 2.75) is 65.3 Å². The molecule has 2 aromatic rings. The molecule has 3 atom stereocenters. The minimum atomic E-state index is -0.806. The third kappa shape index (κ3) is 12.4. The van der Waals surface area contributed by atoms with Crippen molar-refractivity contribution in [1.82, 2.24) is 10.6 Å². The summed E-state index contributed by atoms with van der Waals surface area (Å²) in [5, 5.41) is 5.71. The highest BCUT2D eigenvalue weighted by Gasteiger charge is 2.30. The fourth-order valence-corrected chi connectivity index (χ4v) is 4.52. The van der Waals surface area contributed by atoms with Crippen molar-refractivity contribution in [3.63, 3.8) is 0 Å². The first-order valence-electron chi connectivity index (χ1n) is 14.4. The average molecular weight is 564 g/mol. The lowest BCUT2D eigenvalue weighted by molar-refractivity contribution is -0.133. The van der Waals surface area contributed by atoms with E-state index in [0.717, 1.165) is 11.1 Å². The Hall–Kier alpha value is -4.01. The number of benzene rings is 2. The molecule has 0 saturated carbocycles. The zero-order chi connectivity index (χ0) is 30.2. The molecule has 9 nitrogen and oxygen atoms in total. The van der Waals surface area contributed by atoms with E-state index in [4.69, 9.17) is 11.5 Å². The maximum absolute atomic E-state index is 13.8. The van der Waals surface area contributed by atoms with Crippen molar-refractivity contribution in [3.05, 3.63) is 71.8 Å². The van der Waals surface area contributed by atoms with Gasteiger partial charge in [0, 0.05) is 30.7 Å². The van der Waals surface area contributed by atoms with Crippen LogP contribution in [0.25, 0.3) is 0 Å². The van der Waals surface area contributed by atoms with Gasteiger partial charge >= 0.3 is 0 Å². The molecule has 0 fully saturated rings. The van der Waals surface area contributed by atoms with Crippen molar-refractivity contribution in [3.8, 4) is 0 Å². The molecule has 9 heteroatoms. The molecule has 2 amide bonds. The van der Waals surface area contributed by atoms with E-state index in [1.807, 2.05) is 67.6 Å². The lowest BCUT2D eigenvalue weighted by Gasteiger charge is -2.24. The molecule has 2 aromatic carbocycles. The van der Waals surface area contributed by atoms with Gasteiger partial charge in [0.1, 0.15) is 0 Å². The molecule has 0 saturated heterocycles. The van der Waals surface area contributed by atoms with Gasteiger partial charge in [0.2, 0.25) is 11.8 Å². The maximum Gasteiger partial charge on any atom is 0.224 e. The van der Waals surface area contributed by atoms with Crippen LogP contribution in [0.2, 0.25) is 0 Å². The Morgan fingerprint density at radius 2 is 1.39 bits per heavy atom. The highest BCUT2D eigenvalue weighted by atomic mass is 16.2. The summed E-state index contributed by atoms with van der Waals surface area (Å²) >= 11 is 0. The van der Waals surface area contributed by atoms with Gasteiger partial charge in [-0.1, -0.05) is 81.4 Å². The van der Waals surface area contributed by atoms with Crippen molar-refractivity contribution < 1.29 is 19.2 Å². The number of carbonyl (C=O) groups is 4. The molecule has 6 N–H and O–H groups in total. The lowest BCUT2D eigenvalue weighted by Crippen LogP contribution is -2.46. The number of hydrogen-bond acceptors (Lipinski definition) is 5. The number of Topliss-reactive ketones (excluding diaryl/α,β-unsaturated/α-hetero) is 2. The third-order valence-corrected chi connectivity index (χ3v) is 7.08. The fraction of sp³-hybridized carbons (Fsp3) is 0.469. The molecule has 0 aliphatic heterocycles. The Balaban J connectivity index is 2.22. The summed E-state index contributed by atoms with van der Waals surface area (Å²) < 4.78 is 0. The van der Waals surface area contributed by atoms with Crippen molar-refractivity contribution in [2.75, 3.05) is 13.1 Å². The maximum atomic E-state index is 13.8. The number of nitrogens with zero attached hydrogens (tertiary/aromatic N) is 1. The summed E-state index contributed by atoms with van der Waals surface area (Å²) in [7, 11) is 0. The highest BCUT2D eigenvalue weighted by molar-refractivity contribution is 5.94. The van der Waals surface area contributed by atoms with Crippen LogP contribution in [-0.2, 0) is 32.0 Å². The number of nitrogens with one attached hydrogen (secondary N) is 2. The summed E-state index contributed by atoms with van der Waals surface area (Å²) in [5.74, 6) is -2.07. The number of aliphatic imine (C=N–C) groups is 1. The molecule has 2 rings (SSSR count). The second kappa shape index (κ2) is 17.6. The Labute approximate surface area is 243 Å². The highest BCUT2D eigenvalue weighted by Crippen LogP contribution is 2.18. The molecule has 0 heterocycles. The average Bonchev–Trinajstić information content (AvgIpc) is 2.95. The predicted octanol–water partition coefficient (Wildman–Crippen LogP) is 2.95. The zero-order valence-electron chi connectivity index (χ0n) is 24.5. The second-order valence-corrected chi connectivity index (χ2v) is 10.7. The lowest BCUT2D eigenvalue weighted by atomic mass is 9.89. The van der Waals surface area contributed by atoms with Crippen molar-refractivity contribution in [1.29, 1.82) is 0 Å². The quantitative estimate of drug-likeness (QED) is 0.124. The standard InChI is InChI=1S/C32H45N5O4/c1-4-25(16-11-17-35-32(33)34)31(41)37-27(19-24-14-9-6-10-15-24)28(38)20-26(18-23-12-7-5-8-13-23)30(40)36-21-29(39)22(2)3/h5-10,12-15,22,25-27H,4,11,16-21H2,1-3H3,(H,36,40)(H,37,41)(H4,33,34,35). The number of carbonyl (C=O) groups excluding carboxylic acids is 4. The largest absolute Gasteiger partial charge is 0.370 e. The van der Waals surface area contributed by atoms with E-state index < -0.39 is 12.0 Å². The molecular formula is C32H45N5O4. The molecule has 0 aliphatic rings. The third-order valence-electron chi connectivity index (χ3n) is 7.08. The first-order valence-corrected chi connectivity index (χ1v) is 14.4. The van der Waals surface area contributed by atoms with Gasteiger partial charge in [-0.15, -0.1) is 0 Å². The monoisotopic (exact) mass is 563 g/mol. The summed E-state index contributed by atoms with van der Waals surface area (Å²) in [6.07, 6.45) is 2.38. The van der Waals surface area contributed by atoms with Crippen LogP contribution in [0.5, 0.6) is 0 Å². The van der Waals surface area contributed by atoms with Crippen LogP contribution in [-0.4, -0.2) is 48.5 Å². The Bertz CT molecular complexity index is 1150. The number of ketones is 2. The minimum Gasteiger partial charge on any atom is -0.370 e. The zero-order valence-corrected chi connectivity index (χ0v) is 24.5. The van der Waals surface area contributed by atoms with Gasteiger partial charge in [0.25, 0.3) is 0 Å². The Kier molecular flexibility index (Phi) is 14.3. The van der Waals surface area contributed by atoms with E-state index in [9.17, 15) is 19.2 Å². The molecule has 0 aromatic heterocycles. The first kappa shape index (κ1) is 33.2. The molecule has 0 bridgehead atoms. The molecule has 3 unspecified atom stereocenters.